The maximum atomic E-state index is 10.8. The third kappa shape index (κ3) is 2.27. The van der Waals surface area contributed by atoms with Crippen LogP contribution in [0.5, 0.6) is 11.5 Å². The van der Waals surface area contributed by atoms with Crippen molar-refractivity contribution in [3.05, 3.63) is 23.8 Å². The third-order valence-corrected chi connectivity index (χ3v) is 2.38. The van der Waals surface area contributed by atoms with Gasteiger partial charge in [0.25, 0.3) is 0 Å². The molecule has 4 nitrogen and oxygen atoms in total. The first-order valence-corrected chi connectivity index (χ1v) is 5.23. The van der Waals surface area contributed by atoms with E-state index in [1.54, 1.807) is 0 Å². The molecule has 1 unspecified atom stereocenters. The predicted molar refractivity (Wildman–Crippen MR) is 57.6 cm³/mol. The maximum Gasteiger partial charge on any atom is 0.303 e. The highest BCUT2D eigenvalue weighted by Gasteiger charge is 2.15. The number of benzene rings is 1. The Hall–Kier alpha value is -1.71. The molecule has 0 N–H and O–H groups in total. The zero-order valence-electron chi connectivity index (χ0n) is 9.36. The summed E-state index contributed by atoms with van der Waals surface area (Å²) >= 11 is 0. The Labute approximate surface area is 94.1 Å². The van der Waals surface area contributed by atoms with Crippen molar-refractivity contribution in [3.63, 3.8) is 0 Å². The van der Waals surface area contributed by atoms with Crippen molar-refractivity contribution in [2.75, 3.05) is 13.2 Å². The van der Waals surface area contributed by atoms with E-state index in [4.69, 9.17) is 14.2 Å². The minimum atomic E-state index is -0.289. The molecule has 0 bridgehead atoms. The van der Waals surface area contributed by atoms with Crippen molar-refractivity contribution < 1.29 is 19.0 Å². The number of carbonyl (C=O) groups is 1. The monoisotopic (exact) mass is 222 g/mol. The first kappa shape index (κ1) is 10.8. The molecule has 2 rings (SSSR count). The van der Waals surface area contributed by atoms with Crippen LogP contribution in [0.25, 0.3) is 0 Å². The van der Waals surface area contributed by atoms with Crippen molar-refractivity contribution in [1.82, 2.24) is 0 Å². The summed E-state index contributed by atoms with van der Waals surface area (Å²) in [6, 6.07) is 5.56. The van der Waals surface area contributed by atoms with Gasteiger partial charge in [-0.25, -0.2) is 0 Å². The molecule has 0 saturated carbocycles. The van der Waals surface area contributed by atoms with Gasteiger partial charge in [0.15, 0.2) is 11.5 Å². The summed E-state index contributed by atoms with van der Waals surface area (Å²) in [5.74, 6) is 1.16. The van der Waals surface area contributed by atoms with Gasteiger partial charge in [-0.2, -0.15) is 0 Å². The van der Waals surface area contributed by atoms with Gasteiger partial charge in [-0.1, -0.05) is 6.07 Å². The lowest BCUT2D eigenvalue weighted by Gasteiger charge is -2.20. The molecule has 0 radical (unpaired) electrons. The molecule has 4 heteroatoms. The van der Waals surface area contributed by atoms with Crippen LogP contribution in [0.2, 0.25) is 0 Å². The number of hydrogen-bond acceptors (Lipinski definition) is 4. The third-order valence-electron chi connectivity index (χ3n) is 2.38. The number of hydrogen-bond donors (Lipinski definition) is 0. The molecule has 1 heterocycles. The smallest absolute Gasteiger partial charge is 0.303 e. The van der Waals surface area contributed by atoms with Crippen molar-refractivity contribution in [1.29, 1.82) is 0 Å². The Balaban J connectivity index is 2.19. The van der Waals surface area contributed by atoms with Crippen molar-refractivity contribution in [3.8, 4) is 11.5 Å². The fourth-order valence-electron chi connectivity index (χ4n) is 1.63. The number of ether oxygens (including phenoxy) is 3. The summed E-state index contributed by atoms with van der Waals surface area (Å²) in [4.78, 5) is 10.8. The molecule has 16 heavy (non-hydrogen) atoms. The van der Waals surface area contributed by atoms with Crippen LogP contribution in [-0.2, 0) is 9.53 Å². The van der Waals surface area contributed by atoms with E-state index in [9.17, 15) is 4.79 Å². The van der Waals surface area contributed by atoms with E-state index >= 15 is 0 Å². The van der Waals surface area contributed by atoms with Crippen molar-refractivity contribution in [2.45, 2.75) is 20.0 Å². The van der Waals surface area contributed by atoms with Crippen LogP contribution >= 0.6 is 0 Å². The Bertz CT molecular complexity index is 400. The number of fused-ring (bicyclic) bond motifs is 1. The Morgan fingerprint density at radius 2 is 2.00 bits per heavy atom. The van der Waals surface area contributed by atoms with Gasteiger partial charge >= 0.3 is 5.97 Å². The van der Waals surface area contributed by atoms with E-state index in [-0.39, 0.29) is 12.1 Å². The molecular weight excluding hydrogens is 208 g/mol. The fraction of sp³-hybridized carbons (Fsp3) is 0.417. The van der Waals surface area contributed by atoms with E-state index in [0.717, 1.165) is 11.3 Å². The Morgan fingerprint density at radius 1 is 1.31 bits per heavy atom. The first-order chi connectivity index (χ1) is 7.66. The molecule has 1 aliphatic heterocycles. The highest BCUT2D eigenvalue weighted by atomic mass is 16.6. The average molecular weight is 222 g/mol. The van der Waals surface area contributed by atoms with E-state index in [0.29, 0.717) is 19.0 Å². The molecule has 1 aromatic rings. The van der Waals surface area contributed by atoms with Gasteiger partial charge in [0.1, 0.15) is 19.3 Å². The normalized spacial score (nSPS) is 15.4. The first-order valence-electron chi connectivity index (χ1n) is 5.23. The second kappa shape index (κ2) is 4.43. The lowest BCUT2D eigenvalue weighted by Crippen LogP contribution is -2.15. The van der Waals surface area contributed by atoms with E-state index in [2.05, 4.69) is 0 Å². The zero-order valence-corrected chi connectivity index (χ0v) is 9.36. The van der Waals surface area contributed by atoms with Gasteiger partial charge in [-0.3, -0.25) is 4.79 Å². The van der Waals surface area contributed by atoms with E-state index < -0.39 is 0 Å². The molecular formula is C12H14O4. The van der Waals surface area contributed by atoms with Crippen LogP contribution < -0.4 is 9.47 Å². The largest absolute Gasteiger partial charge is 0.486 e. The van der Waals surface area contributed by atoms with Crippen molar-refractivity contribution in [2.24, 2.45) is 0 Å². The summed E-state index contributed by atoms with van der Waals surface area (Å²) in [7, 11) is 0. The van der Waals surface area contributed by atoms with E-state index in [1.807, 2.05) is 25.1 Å². The van der Waals surface area contributed by atoms with Crippen LogP contribution in [0.1, 0.15) is 25.5 Å². The second-order valence-corrected chi connectivity index (χ2v) is 3.65. The number of esters is 1. The molecule has 0 saturated heterocycles. The topological polar surface area (TPSA) is 44.8 Å². The standard InChI is InChI=1S/C12H14O4/c1-8(16-9(2)13)10-3-4-11-12(7-10)15-6-5-14-11/h3-4,7-8H,5-6H2,1-2H3. The van der Waals surface area contributed by atoms with Gasteiger partial charge in [0.05, 0.1) is 0 Å². The molecule has 0 aromatic heterocycles. The molecule has 0 fully saturated rings. The van der Waals surface area contributed by atoms with Gasteiger partial charge in [-0.05, 0) is 24.6 Å². The predicted octanol–water partition coefficient (Wildman–Crippen LogP) is 2.08. The summed E-state index contributed by atoms with van der Waals surface area (Å²) in [5.41, 5.74) is 0.902. The highest BCUT2D eigenvalue weighted by Crippen LogP contribution is 2.33. The summed E-state index contributed by atoms with van der Waals surface area (Å²) in [5, 5.41) is 0. The highest BCUT2D eigenvalue weighted by molar-refractivity contribution is 5.66. The van der Waals surface area contributed by atoms with E-state index in [1.165, 1.54) is 6.92 Å². The minimum Gasteiger partial charge on any atom is -0.486 e. The summed E-state index contributed by atoms with van der Waals surface area (Å²) < 4.78 is 16.0. The van der Waals surface area contributed by atoms with Crippen molar-refractivity contribution >= 4 is 5.97 Å². The summed E-state index contributed by atoms with van der Waals surface area (Å²) in [6.45, 7) is 4.35. The summed E-state index contributed by atoms with van der Waals surface area (Å²) in [6.07, 6.45) is -0.270. The average Bonchev–Trinajstić information content (AvgIpc) is 2.27. The molecule has 1 aliphatic rings. The van der Waals surface area contributed by atoms with Crippen LogP contribution in [0.3, 0.4) is 0 Å². The molecule has 0 amide bonds. The molecule has 1 aromatic carbocycles. The molecule has 0 aliphatic carbocycles. The quantitative estimate of drug-likeness (QED) is 0.719. The second-order valence-electron chi connectivity index (χ2n) is 3.65. The molecule has 1 atom stereocenters. The zero-order chi connectivity index (χ0) is 11.5. The lowest BCUT2D eigenvalue weighted by molar-refractivity contribution is -0.145. The molecule has 86 valence electrons. The van der Waals surface area contributed by atoms with Gasteiger partial charge < -0.3 is 14.2 Å². The number of rotatable bonds is 2. The van der Waals surface area contributed by atoms with Gasteiger partial charge in [0, 0.05) is 6.92 Å². The number of carbonyl (C=O) groups excluding carboxylic acids is 1. The lowest BCUT2D eigenvalue weighted by atomic mass is 10.1. The van der Waals surface area contributed by atoms with Crippen LogP contribution in [0.15, 0.2) is 18.2 Å². The fourth-order valence-corrected chi connectivity index (χ4v) is 1.63. The molecule has 0 spiro atoms. The minimum absolute atomic E-state index is 0.270. The van der Waals surface area contributed by atoms with Crippen LogP contribution in [-0.4, -0.2) is 19.2 Å². The Morgan fingerprint density at radius 3 is 2.69 bits per heavy atom. The van der Waals surface area contributed by atoms with Gasteiger partial charge in [-0.15, -0.1) is 0 Å². The maximum absolute atomic E-state index is 10.8. The van der Waals surface area contributed by atoms with Crippen LogP contribution in [0.4, 0.5) is 0 Å². The van der Waals surface area contributed by atoms with Crippen LogP contribution in [0, 0.1) is 0 Å². The van der Waals surface area contributed by atoms with Gasteiger partial charge in [0.2, 0.25) is 0 Å². The Kier molecular flexibility index (Phi) is 2.99. The SMILES string of the molecule is CC(=O)OC(C)c1ccc2c(c1)OCCO2.